The molecule has 1 rings (SSSR count). The van der Waals surface area contributed by atoms with E-state index in [1.165, 1.54) is 0 Å². The van der Waals surface area contributed by atoms with Gasteiger partial charge in [-0.15, -0.1) is 13.2 Å². The number of nitrogens with zero attached hydrogens (tertiary/aromatic N) is 2. The molecule has 0 atom stereocenters. The Labute approximate surface area is 97.2 Å². The number of rotatable bonds is 3. The number of diazo groups is 1. The predicted molar refractivity (Wildman–Crippen MR) is 49.8 cm³/mol. The number of ether oxygens (including phenoxy) is 1. The van der Waals surface area contributed by atoms with Crippen LogP contribution < -0.4 is 4.74 Å². The monoisotopic (exact) mass is 261 g/mol. The summed E-state index contributed by atoms with van der Waals surface area (Å²) in [4.78, 5) is 24.2. The van der Waals surface area contributed by atoms with E-state index < -0.39 is 35.1 Å². The summed E-state index contributed by atoms with van der Waals surface area (Å²) in [6.45, 7) is 0. The van der Waals surface area contributed by atoms with Gasteiger partial charge in [-0.05, 0) is 6.07 Å². The molecule has 1 aromatic carbocycles. The molecule has 94 valence electrons. The maximum absolute atomic E-state index is 11.9. The molecule has 0 unspecified atom stereocenters. The van der Waals surface area contributed by atoms with Crippen molar-refractivity contribution in [1.29, 1.82) is 5.39 Å². The van der Waals surface area contributed by atoms with E-state index in [1.807, 2.05) is 0 Å². The van der Waals surface area contributed by atoms with Crippen molar-refractivity contribution in [2.45, 2.75) is 6.36 Å². The third kappa shape index (κ3) is 3.18. The largest absolute Gasteiger partial charge is 0.573 e. The van der Waals surface area contributed by atoms with Gasteiger partial charge < -0.3 is 9.84 Å². The molecule has 9 heteroatoms. The second kappa shape index (κ2) is 4.70. The summed E-state index contributed by atoms with van der Waals surface area (Å²) >= 11 is 0. The molecule has 0 spiro atoms. The maximum atomic E-state index is 11.9. The summed E-state index contributed by atoms with van der Waals surface area (Å²) in [5.74, 6) is -4.21. The fourth-order valence-corrected chi connectivity index (χ4v) is 1.10. The Kier molecular flexibility index (Phi) is 3.51. The number of halogens is 3. The Hall–Kier alpha value is -2.63. The molecule has 0 bridgehead atoms. The lowest BCUT2D eigenvalue weighted by Crippen LogP contribution is -2.18. The Morgan fingerprint density at radius 3 is 2.39 bits per heavy atom. The van der Waals surface area contributed by atoms with Crippen LogP contribution in [0.5, 0.6) is 5.75 Å². The van der Waals surface area contributed by atoms with E-state index in [9.17, 15) is 22.8 Å². The molecule has 1 N–H and O–H groups in total. The lowest BCUT2D eigenvalue weighted by molar-refractivity contribution is -0.274. The standard InChI is InChI=1S/C9H3F3N2O4/c10-9(11,12)18-4-1-2-6(14-13)5(3-4)7(15)8(16)17/h1-3H/p+1. The highest BCUT2D eigenvalue weighted by molar-refractivity contribution is 6.41. The van der Waals surface area contributed by atoms with Gasteiger partial charge in [-0.3, -0.25) is 4.79 Å². The van der Waals surface area contributed by atoms with Gasteiger partial charge in [-0.1, -0.05) is 0 Å². The third-order valence-electron chi connectivity index (χ3n) is 1.75. The number of alkyl halides is 3. The minimum absolute atomic E-state index is 0.475. The number of hydrogen-bond acceptors (Lipinski definition) is 4. The van der Waals surface area contributed by atoms with E-state index in [0.717, 1.165) is 12.1 Å². The lowest BCUT2D eigenvalue weighted by Gasteiger charge is -2.08. The van der Waals surface area contributed by atoms with Gasteiger partial charge in [0.15, 0.2) is 4.98 Å². The summed E-state index contributed by atoms with van der Waals surface area (Å²) in [7, 11) is 0. The molecule has 18 heavy (non-hydrogen) atoms. The zero-order chi connectivity index (χ0) is 13.9. The Morgan fingerprint density at radius 1 is 1.33 bits per heavy atom. The normalized spacial score (nSPS) is 10.6. The average Bonchev–Trinajstić information content (AvgIpc) is 2.25. The first-order valence-electron chi connectivity index (χ1n) is 4.27. The summed E-state index contributed by atoms with van der Waals surface area (Å²) in [5.41, 5.74) is -1.19. The van der Waals surface area contributed by atoms with Crippen molar-refractivity contribution in [3.05, 3.63) is 28.7 Å². The number of benzene rings is 1. The van der Waals surface area contributed by atoms with Crippen molar-refractivity contribution >= 4 is 17.4 Å². The van der Waals surface area contributed by atoms with E-state index in [-0.39, 0.29) is 0 Å². The Balaban J connectivity index is 3.23. The molecular weight excluding hydrogens is 257 g/mol. The first-order valence-corrected chi connectivity index (χ1v) is 4.27. The number of carboxylic acids is 1. The number of aliphatic carboxylic acids is 1. The highest BCUT2D eigenvalue weighted by Gasteiger charge is 2.33. The zero-order valence-electron chi connectivity index (χ0n) is 8.43. The smallest absolute Gasteiger partial charge is 0.475 e. The van der Waals surface area contributed by atoms with Crippen LogP contribution in [-0.2, 0) is 4.79 Å². The summed E-state index contributed by atoms with van der Waals surface area (Å²) in [5, 5.41) is 16.9. The first-order chi connectivity index (χ1) is 8.24. The van der Waals surface area contributed by atoms with Crippen LogP contribution in [0.2, 0.25) is 0 Å². The van der Waals surface area contributed by atoms with Gasteiger partial charge in [-0.2, -0.15) is 0 Å². The van der Waals surface area contributed by atoms with Crippen molar-refractivity contribution in [2.24, 2.45) is 0 Å². The maximum Gasteiger partial charge on any atom is 0.573 e. The van der Waals surface area contributed by atoms with Crippen molar-refractivity contribution in [2.75, 3.05) is 0 Å². The number of carbonyl (C=O) groups excluding carboxylic acids is 1. The number of Topliss-reactive ketones (excluding diaryl/α,β-unsaturated/α-hetero) is 1. The van der Waals surface area contributed by atoms with Crippen LogP contribution in [0, 0.1) is 5.39 Å². The van der Waals surface area contributed by atoms with E-state index in [0.29, 0.717) is 6.07 Å². The molecule has 0 fully saturated rings. The minimum atomic E-state index is -4.98. The lowest BCUT2D eigenvalue weighted by atomic mass is 10.1. The molecule has 6 nitrogen and oxygen atoms in total. The molecule has 0 saturated heterocycles. The SMILES string of the molecule is N#[N+]c1ccc(OC(F)(F)F)cc1C(=O)C(=O)O. The van der Waals surface area contributed by atoms with Crippen LogP contribution >= 0.6 is 0 Å². The fourth-order valence-electron chi connectivity index (χ4n) is 1.10. The number of hydrogen-bond donors (Lipinski definition) is 1. The van der Waals surface area contributed by atoms with Crippen LogP contribution in [0.1, 0.15) is 10.4 Å². The van der Waals surface area contributed by atoms with Gasteiger partial charge in [0.05, 0.1) is 0 Å². The van der Waals surface area contributed by atoms with Crippen LogP contribution in [0.15, 0.2) is 18.2 Å². The number of ketones is 1. The fraction of sp³-hybridized carbons (Fsp3) is 0.111. The van der Waals surface area contributed by atoms with Crippen molar-refractivity contribution in [3.63, 3.8) is 0 Å². The van der Waals surface area contributed by atoms with Gasteiger partial charge >= 0.3 is 18.0 Å². The zero-order valence-corrected chi connectivity index (χ0v) is 8.43. The predicted octanol–water partition coefficient (Wildman–Crippen LogP) is 2.34. The van der Waals surface area contributed by atoms with E-state index in [1.54, 1.807) is 0 Å². The molecule has 0 aliphatic carbocycles. The topological polar surface area (TPSA) is 91.8 Å². The highest BCUT2D eigenvalue weighted by atomic mass is 19.4. The van der Waals surface area contributed by atoms with E-state index >= 15 is 0 Å². The van der Waals surface area contributed by atoms with Gasteiger partial charge in [0, 0.05) is 12.1 Å². The second-order valence-electron chi connectivity index (χ2n) is 2.96. The molecular formula is C9H4F3N2O4+. The molecule has 0 saturated carbocycles. The average molecular weight is 261 g/mol. The molecule has 0 heterocycles. The van der Waals surface area contributed by atoms with Crippen LogP contribution in [0.4, 0.5) is 18.9 Å². The first kappa shape index (κ1) is 13.4. The van der Waals surface area contributed by atoms with Gasteiger partial charge in [0.2, 0.25) is 5.39 Å². The quantitative estimate of drug-likeness (QED) is 0.512. The summed E-state index contributed by atoms with van der Waals surface area (Å²) < 4.78 is 39.3. The summed E-state index contributed by atoms with van der Waals surface area (Å²) in [6.07, 6.45) is -4.98. The van der Waals surface area contributed by atoms with Crippen LogP contribution in [0.3, 0.4) is 0 Å². The summed E-state index contributed by atoms with van der Waals surface area (Å²) in [6, 6.07) is 2.12. The molecule has 0 aliphatic heterocycles. The molecule has 1 aromatic rings. The molecule has 0 radical (unpaired) electrons. The van der Waals surface area contributed by atoms with Crippen molar-refractivity contribution in [3.8, 4) is 5.75 Å². The third-order valence-corrected chi connectivity index (χ3v) is 1.75. The minimum Gasteiger partial charge on any atom is -0.475 e. The van der Waals surface area contributed by atoms with Gasteiger partial charge in [-0.25, -0.2) is 4.79 Å². The van der Waals surface area contributed by atoms with Crippen LogP contribution in [0.25, 0.3) is 4.98 Å². The van der Waals surface area contributed by atoms with Crippen molar-refractivity contribution < 1.29 is 32.6 Å². The van der Waals surface area contributed by atoms with E-state index in [2.05, 4.69) is 9.71 Å². The van der Waals surface area contributed by atoms with Crippen molar-refractivity contribution in [1.82, 2.24) is 0 Å². The highest BCUT2D eigenvalue weighted by Crippen LogP contribution is 2.29. The number of carboxylic acid groups (broad SMARTS) is 1. The van der Waals surface area contributed by atoms with E-state index in [4.69, 9.17) is 10.5 Å². The molecule has 0 amide bonds. The second-order valence-corrected chi connectivity index (χ2v) is 2.96. The van der Waals surface area contributed by atoms with Gasteiger partial charge in [0.1, 0.15) is 11.3 Å². The number of carbonyl (C=O) groups is 2. The van der Waals surface area contributed by atoms with Gasteiger partial charge in [0.25, 0.3) is 5.78 Å². The Bertz CT molecular complexity index is 548. The Morgan fingerprint density at radius 2 is 1.94 bits per heavy atom. The molecule has 0 aliphatic rings. The molecule has 0 aromatic heterocycles. The van der Waals surface area contributed by atoms with Crippen LogP contribution in [-0.4, -0.2) is 23.2 Å².